The third-order valence-corrected chi connectivity index (χ3v) is 5.45. The summed E-state index contributed by atoms with van der Waals surface area (Å²) in [6.07, 6.45) is 2.30. The van der Waals surface area contributed by atoms with E-state index in [0.717, 1.165) is 5.57 Å². The van der Waals surface area contributed by atoms with Gasteiger partial charge in [-0.1, -0.05) is 41.6 Å². The van der Waals surface area contributed by atoms with E-state index in [9.17, 15) is 9.59 Å². The third kappa shape index (κ3) is 2.93. The molecule has 2 aliphatic rings. The fourth-order valence-electron chi connectivity index (χ4n) is 2.93. The first kappa shape index (κ1) is 12.2. The molecule has 1 aromatic carbocycles. The summed E-state index contributed by atoms with van der Waals surface area (Å²) in [7, 11) is -2.83. The maximum Gasteiger partial charge on any atom is 0.327 e. The molecular weight excluding hydrogens is 322 g/mol. The molecule has 0 N–H and O–H groups in total. The van der Waals surface area contributed by atoms with E-state index in [1.165, 1.54) is 11.8 Å². The summed E-state index contributed by atoms with van der Waals surface area (Å²) in [4.78, 5) is 26.0. The van der Waals surface area contributed by atoms with Crippen LogP contribution in [0.15, 0.2) is 35.9 Å². The quantitative estimate of drug-likeness (QED) is 0.792. The van der Waals surface area contributed by atoms with Gasteiger partial charge in [0.05, 0.1) is 11.2 Å². The van der Waals surface area contributed by atoms with Gasteiger partial charge in [0.2, 0.25) is 5.12 Å². The number of benzene rings is 1. The van der Waals surface area contributed by atoms with Gasteiger partial charge in [-0.3, -0.25) is 9.69 Å². The van der Waals surface area contributed by atoms with Crippen LogP contribution in [0.4, 0.5) is 0 Å². The zero-order valence-electron chi connectivity index (χ0n) is 14.6. The number of carbonyl (C=O) groups is 2. The largest absolute Gasteiger partial charge is 0.468 e. The third-order valence-electron chi connectivity index (χ3n) is 3.93. The fraction of sp³-hybridized carbons (Fsp3) is 0.375. The van der Waals surface area contributed by atoms with Gasteiger partial charge in [-0.2, -0.15) is 0 Å². The highest BCUT2D eigenvalue weighted by Crippen LogP contribution is 2.38. The maximum atomic E-state index is 12.6. The van der Waals surface area contributed by atoms with E-state index in [1.807, 2.05) is 4.90 Å². The highest BCUT2D eigenvalue weighted by molar-refractivity contribution is 8.15. The number of likely N-dealkylation sites (tertiary alicyclic amines) is 1. The van der Waals surface area contributed by atoms with Crippen LogP contribution in [0.25, 0.3) is 0 Å². The van der Waals surface area contributed by atoms with Crippen LogP contribution in [-0.2, 0) is 14.3 Å². The molecule has 116 valence electrons. The second-order valence-corrected chi connectivity index (χ2v) is 6.86. The van der Waals surface area contributed by atoms with Crippen molar-refractivity contribution >= 4 is 34.4 Å². The molecule has 0 amide bonds. The summed E-state index contributed by atoms with van der Waals surface area (Å²) in [5.74, 6) is -0.871. The van der Waals surface area contributed by atoms with Gasteiger partial charge in [0, 0.05) is 23.4 Å². The lowest BCUT2D eigenvalue weighted by molar-refractivity contribution is -0.147. The second-order valence-electron chi connectivity index (χ2n) is 5.25. The van der Waals surface area contributed by atoms with Crippen molar-refractivity contribution in [1.82, 2.24) is 4.90 Å². The van der Waals surface area contributed by atoms with Crippen molar-refractivity contribution in [2.24, 2.45) is 0 Å². The number of esters is 1. The molecule has 1 fully saturated rings. The average molecular weight is 341 g/mol. The topological polar surface area (TPSA) is 46.6 Å². The Kier molecular flexibility index (Phi) is 3.56. The Labute approximate surface area is 142 Å². The molecule has 2 atom stereocenters. The molecule has 1 saturated heterocycles. The highest BCUT2D eigenvalue weighted by atomic mass is 35.5. The lowest BCUT2D eigenvalue weighted by Crippen LogP contribution is -2.42. The Morgan fingerprint density at radius 2 is 2.36 bits per heavy atom. The molecule has 0 radical (unpaired) electrons. The molecule has 0 aromatic heterocycles. The Bertz CT molecular complexity index is 738. The van der Waals surface area contributed by atoms with E-state index in [4.69, 9.17) is 15.7 Å². The lowest BCUT2D eigenvalue weighted by atomic mass is 9.98. The fourth-order valence-corrected chi connectivity index (χ4v) is 4.18. The summed E-state index contributed by atoms with van der Waals surface area (Å²) >= 11 is 7.53. The van der Waals surface area contributed by atoms with Crippen LogP contribution >= 0.6 is 23.4 Å². The zero-order chi connectivity index (χ0) is 18.2. The van der Waals surface area contributed by atoms with E-state index < -0.39 is 19.0 Å². The van der Waals surface area contributed by atoms with Crippen LogP contribution in [0.1, 0.15) is 22.1 Å². The van der Waals surface area contributed by atoms with E-state index in [1.54, 1.807) is 30.3 Å². The first-order chi connectivity index (χ1) is 11.7. The number of nitrogens with zero attached hydrogens (tertiary/aromatic N) is 1. The lowest BCUT2D eigenvalue weighted by Gasteiger charge is -2.36. The number of halogens is 1. The number of fused-ring (bicyclic) bond motifs is 1. The van der Waals surface area contributed by atoms with Gasteiger partial charge < -0.3 is 4.74 Å². The molecule has 0 spiro atoms. The first-order valence-corrected chi connectivity index (χ1v) is 8.13. The van der Waals surface area contributed by atoms with Gasteiger partial charge in [0.25, 0.3) is 0 Å². The normalized spacial score (nSPS) is 25.5. The second kappa shape index (κ2) is 6.44. The van der Waals surface area contributed by atoms with Crippen molar-refractivity contribution in [3.63, 3.8) is 0 Å². The standard InChI is InChI=1S/C16H16ClNO3S/c1-21-16(20)15(11-4-2-3-5-12(11)17)18-7-6-13-10(9-18)8-14(19)22-13/h2-5,8,13,15H,6-7,9H2,1H3/i1D3. The Balaban J connectivity index is 1.91. The summed E-state index contributed by atoms with van der Waals surface area (Å²) in [6, 6.07) is 5.87. The number of hydrogen-bond donors (Lipinski definition) is 0. The van der Waals surface area contributed by atoms with Crippen LogP contribution in [0.5, 0.6) is 0 Å². The molecule has 0 aliphatic carbocycles. The SMILES string of the molecule is [2H]C([2H])([2H])OC(=O)C(c1ccccc1Cl)N1CCC2SC(=O)C=C2C1. The van der Waals surface area contributed by atoms with Crippen molar-refractivity contribution in [2.45, 2.75) is 17.7 Å². The minimum atomic E-state index is -2.83. The van der Waals surface area contributed by atoms with Crippen LogP contribution in [0, 0.1) is 0 Å². The van der Waals surface area contributed by atoms with E-state index in [0.29, 0.717) is 30.1 Å². The van der Waals surface area contributed by atoms with E-state index >= 15 is 0 Å². The summed E-state index contributed by atoms with van der Waals surface area (Å²) in [5.41, 5.74) is 1.44. The maximum absolute atomic E-state index is 12.6. The highest BCUT2D eigenvalue weighted by Gasteiger charge is 2.37. The Hall–Kier alpha value is -1.30. The molecule has 22 heavy (non-hydrogen) atoms. The van der Waals surface area contributed by atoms with Crippen LogP contribution in [0.2, 0.25) is 5.02 Å². The molecule has 2 aliphatic heterocycles. The Morgan fingerprint density at radius 1 is 1.55 bits per heavy atom. The molecule has 2 heterocycles. The van der Waals surface area contributed by atoms with Gasteiger partial charge >= 0.3 is 5.97 Å². The van der Waals surface area contributed by atoms with Crippen molar-refractivity contribution in [2.75, 3.05) is 20.1 Å². The molecule has 0 bridgehead atoms. The van der Waals surface area contributed by atoms with Gasteiger partial charge in [-0.05, 0) is 29.7 Å². The van der Waals surface area contributed by atoms with Gasteiger partial charge in [-0.15, -0.1) is 0 Å². The number of ether oxygens (including phenoxy) is 1. The molecule has 6 heteroatoms. The number of rotatable bonds is 3. The van der Waals surface area contributed by atoms with Crippen LogP contribution < -0.4 is 0 Å². The van der Waals surface area contributed by atoms with Crippen molar-refractivity contribution in [1.29, 1.82) is 0 Å². The number of thioether (sulfide) groups is 1. The summed E-state index contributed by atoms with van der Waals surface area (Å²) in [6.45, 7) is 0.934. The predicted octanol–water partition coefficient (Wildman–Crippen LogP) is 2.83. The Morgan fingerprint density at radius 3 is 3.14 bits per heavy atom. The average Bonchev–Trinajstić information content (AvgIpc) is 2.87. The van der Waals surface area contributed by atoms with E-state index in [2.05, 4.69) is 4.74 Å². The monoisotopic (exact) mass is 340 g/mol. The minimum absolute atomic E-state index is 0.0150. The molecule has 0 saturated carbocycles. The molecular formula is C16H16ClNO3S. The van der Waals surface area contributed by atoms with Crippen molar-refractivity contribution in [3.05, 3.63) is 46.5 Å². The number of methoxy groups -OCH3 is 1. The summed E-state index contributed by atoms with van der Waals surface area (Å²) < 4.78 is 26.3. The van der Waals surface area contributed by atoms with Crippen LogP contribution in [-0.4, -0.2) is 41.4 Å². The van der Waals surface area contributed by atoms with E-state index in [-0.39, 0.29) is 10.4 Å². The molecule has 2 unspecified atom stereocenters. The number of hydrogen-bond acceptors (Lipinski definition) is 5. The molecule has 4 nitrogen and oxygen atoms in total. The number of piperidine rings is 1. The number of carbonyl (C=O) groups excluding carboxylic acids is 2. The minimum Gasteiger partial charge on any atom is -0.468 e. The smallest absolute Gasteiger partial charge is 0.327 e. The zero-order valence-corrected chi connectivity index (χ0v) is 13.2. The van der Waals surface area contributed by atoms with Crippen LogP contribution in [0.3, 0.4) is 0 Å². The molecule has 3 rings (SSSR count). The predicted molar refractivity (Wildman–Crippen MR) is 86.9 cm³/mol. The molecule has 1 aromatic rings. The van der Waals surface area contributed by atoms with Gasteiger partial charge in [-0.25, -0.2) is 4.79 Å². The first-order valence-electron chi connectivity index (χ1n) is 8.37. The van der Waals surface area contributed by atoms with Crippen molar-refractivity contribution in [3.8, 4) is 0 Å². The van der Waals surface area contributed by atoms with Gasteiger partial charge in [0.15, 0.2) is 0 Å². The van der Waals surface area contributed by atoms with Crippen molar-refractivity contribution < 1.29 is 18.4 Å². The van der Waals surface area contributed by atoms with Gasteiger partial charge in [0.1, 0.15) is 6.04 Å². The summed E-state index contributed by atoms with van der Waals surface area (Å²) in [5, 5.41) is 0.512.